The van der Waals surface area contributed by atoms with Crippen molar-refractivity contribution in [2.24, 2.45) is 0 Å². The first-order chi connectivity index (χ1) is 12.1. The normalized spacial score (nSPS) is 14.2. The zero-order valence-electron chi connectivity index (χ0n) is 15.1. The Balaban J connectivity index is 1.91. The second-order valence-electron chi connectivity index (χ2n) is 5.83. The Kier molecular flexibility index (Phi) is 6.80. The minimum Gasteiger partial charge on any atom is -0.353 e. The van der Waals surface area contributed by atoms with Crippen LogP contribution in [0.1, 0.15) is 24.2 Å². The molecule has 0 saturated carbocycles. The minimum atomic E-state index is -0.159. The molecule has 1 aromatic heterocycles. The number of hydrogen-bond donors (Lipinski definition) is 1. The van der Waals surface area contributed by atoms with Gasteiger partial charge in [-0.25, -0.2) is 9.78 Å². The predicted octanol–water partition coefficient (Wildman–Crippen LogP) is 1.58. The van der Waals surface area contributed by atoms with Crippen LogP contribution in [-0.4, -0.2) is 72.5 Å². The van der Waals surface area contributed by atoms with E-state index in [2.05, 4.69) is 21.8 Å². The summed E-state index contributed by atoms with van der Waals surface area (Å²) >= 11 is 0. The van der Waals surface area contributed by atoms with Crippen LogP contribution in [0, 0.1) is 0 Å². The average molecular weight is 345 g/mol. The molecule has 0 atom stereocenters. The van der Waals surface area contributed by atoms with Crippen LogP contribution in [0.3, 0.4) is 0 Å². The Morgan fingerprint density at radius 1 is 1.24 bits per heavy atom. The van der Waals surface area contributed by atoms with Crippen molar-refractivity contribution >= 4 is 17.8 Å². The zero-order chi connectivity index (χ0) is 18.2. The number of hydrogen-bond acceptors (Lipinski definition) is 4. The summed E-state index contributed by atoms with van der Waals surface area (Å²) in [6, 6.07) is 3.73. The fourth-order valence-corrected chi connectivity index (χ4v) is 2.80. The molecule has 0 radical (unpaired) electrons. The van der Waals surface area contributed by atoms with Crippen molar-refractivity contribution in [3.63, 3.8) is 0 Å². The average Bonchev–Trinajstić information content (AvgIpc) is 2.67. The van der Waals surface area contributed by atoms with Crippen LogP contribution in [-0.2, 0) is 0 Å². The molecule has 1 aliphatic rings. The van der Waals surface area contributed by atoms with E-state index in [1.165, 1.54) is 0 Å². The summed E-state index contributed by atoms with van der Waals surface area (Å²) < 4.78 is 0. The standard InChI is InChI=1S/C18H27N5O2/c1-4-9-19-17(24)15-7-8-16(20-14-15)22-10-12-23(13-11-22)18(25)21(5-2)6-3/h4,7-8,14H,1,5-6,9-13H2,2-3H3,(H,19,24). The molecule has 2 heterocycles. The lowest BCUT2D eigenvalue weighted by atomic mass is 10.2. The van der Waals surface area contributed by atoms with Gasteiger partial charge in [0.05, 0.1) is 5.56 Å². The van der Waals surface area contributed by atoms with Gasteiger partial charge in [0.15, 0.2) is 0 Å². The molecule has 0 bridgehead atoms. The van der Waals surface area contributed by atoms with Crippen molar-refractivity contribution in [3.8, 4) is 0 Å². The molecule has 25 heavy (non-hydrogen) atoms. The monoisotopic (exact) mass is 345 g/mol. The third kappa shape index (κ3) is 4.71. The molecule has 3 amide bonds. The summed E-state index contributed by atoms with van der Waals surface area (Å²) in [6.45, 7) is 12.3. The van der Waals surface area contributed by atoms with Gasteiger partial charge >= 0.3 is 6.03 Å². The van der Waals surface area contributed by atoms with E-state index in [1.54, 1.807) is 18.3 Å². The molecule has 0 aromatic carbocycles. The van der Waals surface area contributed by atoms with Crippen molar-refractivity contribution in [1.29, 1.82) is 0 Å². The Morgan fingerprint density at radius 2 is 1.92 bits per heavy atom. The highest BCUT2D eigenvalue weighted by molar-refractivity contribution is 5.94. The summed E-state index contributed by atoms with van der Waals surface area (Å²) in [4.78, 5) is 34.5. The smallest absolute Gasteiger partial charge is 0.320 e. The van der Waals surface area contributed by atoms with Crippen molar-refractivity contribution < 1.29 is 9.59 Å². The number of piperazine rings is 1. The molecule has 2 rings (SSSR count). The van der Waals surface area contributed by atoms with Crippen LogP contribution in [0.15, 0.2) is 31.0 Å². The summed E-state index contributed by atoms with van der Waals surface area (Å²) in [7, 11) is 0. The number of nitrogens with zero attached hydrogens (tertiary/aromatic N) is 4. The number of aromatic nitrogens is 1. The Morgan fingerprint density at radius 3 is 2.44 bits per heavy atom. The molecule has 7 heteroatoms. The maximum Gasteiger partial charge on any atom is 0.320 e. The van der Waals surface area contributed by atoms with E-state index >= 15 is 0 Å². The highest BCUT2D eigenvalue weighted by Crippen LogP contribution is 2.15. The first kappa shape index (κ1) is 18.8. The Hall–Kier alpha value is -2.57. The van der Waals surface area contributed by atoms with E-state index in [4.69, 9.17) is 0 Å². The number of pyridine rings is 1. The fraction of sp³-hybridized carbons (Fsp3) is 0.500. The molecule has 0 spiro atoms. The molecule has 1 N–H and O–H groups in total. The van der Waals surface area contributed by atoms with Gasteiger partial charge in [0, 0.05) is 52.0 Å². The van der Waals surface area contributed by atoms with Gasteiger partial charge in [0.1, 0.15) is 5.82 Å². The maximum atomic E-state index is 12.4. The lowest BCUT2D eigenvalue weighted by Gasteiger charge is -2.37. The highest BCUT2D eigenvalue weighted by Gasteiger charge is 2.24. The van der Waals surface area contributed by atoms with Crippen molar-refractivity contribution in [1.82, 2.24) is 20.1 Å². The number of rotatable bonds is 6. The second kappa shape index (κ2) is 9.05. The van der Waals surface area contributed by atoms with Crippen molar-refractivity contribution in [2.75, 3.05) is 50.7 Å². The molecule has 0 unspecified atom stereocenters. The molecular formula is C18H27N5O2. The Labute approximate surface area is 149 Å². The predicted molar refractivity (Wildman–Crippen MR) is 98.9 cm³/mol. The van der Waals surface area contributed by atoms with Crippen LogP contribution in [0.4, 0.5) is 10.6 Å². The number of anilines is 1. The zero-order valence-corrected chi connectivity index (χ0v) is 15.1. The van der Waals surface area contributed by atoms with Crippen LogP contribution >= 0.6 is 0 Å². The molecule has 7 nitrogen and oxygen atoms in total. The van der Waals surface area contributed by atoms with Gasteiger partial charge in [-0.3, -0.25) is 4.79 Å². The highest BCUT2D eigenvalue weighted by atomic mass is 16.2. The summed E-state index contributed by atoms with van der Waals surface area (Å²) in [5, 5.41) is 2.73. The van der Waals surface area contributed by atoms with E-state index in [1.807, 2.05) is 29.7 Å². The second-order valence-corrected chi connectivity index (χ2v) is 5.83. The summed E-state index contributed by atoms with van der Waals surface area (Å²) in [5.41, 5.74) is 0.529. The lowest BCUT2D eigenvalue weighted by molar-refractivity contribution is 0.0957. The minimum absolute atomic E-state index is 0.104. The van der Waals surface area contributed by atoms with Gasteiger partial charge in [-0.15, -0.1) is 6.58 Å². The maximum absolute atomic E-state index is 12.4. The van der Waals surface area contributed by atoms with Gasteiger partial charge in [-0.05, 0) is 26.0 Å². The molecule has 136 valence electrons. The molecular weight excluding hydrogens is 318 g/mol. The molecule has 1 saturated heterocycles. The van der Waals surface area contributed by atoms with Gasteiger partial charge in [-0.2, -0.15) is 0 Å². The SMILES string of the molecule is C=CCNC(=O)c1ccc(N2CCN(C(=O)N(CC)CC)CC2)nc1. The third-order valence-electron chi connectivity index (χ3n) is 4.33. The van der Waals surface area contributed by atoms with Gasteiger partial charge < -0.3 is 20.0 Å². The Bertz CT molecular complexity index is 590. The molecule has 1 aliphatic heterocycles. The largest absolute Gasteiger partial charge is 0.353 e. The summed E-state index contributed by atoms with van der Waals surface area (Å²) in [6.07, 6.45) is 3.22. The van der Waals surface area contributed by atoms with Crippen LogP contribution < -0.4 is 10.2 Å². The number of urea groups is 1. The number of carbonyl (C=O) groups excluding carboxylic acids is 2. The third-order valence-corrected chi connectivity index (χ3v) is 4.33. The number of carbonyl (C=O) groups is 2. The van der Waals surface area contributed by atoms with E-state index in [-0.39, 0.29) is 11.9 Å². The first-order valence-corrected chi connectivity index (χ1v) is 8.74. The lowest BCUT2D eigenvalue weighted by Crippen LogP contribution is -2.53. The van der Waals surface area contributed by atoms with E-state index < -0.39 is 0 Å². The van der Waals surface area contributed by atoms with E-state index in [0.29, 0.717) is 25.2 Å². The van der Waals surface area contributed by atoms with Gasteiger partial charge in [0.25, 0.3) is 5.91 Å². The van der Waals surface area contributed by atoms with Gasteiger partial charge in [0.2, 0.25) is 0 Å². The fourth-order valence-electron chi connectivity index (χ4n) is 2.80. The van der Waals surface area contributed by atoms with Crippen LogP contribution in [0.2, 0.25) is 0 Å². The summed E-state index contributed by atoms with van der Waals surface area (Å²) in [5.74, 6) is 0.670. The molecule has 1 aromatic rings. The van der Waals surface area contributed by atoms with E-state index in [9.17, 15) is 9.59 Å². The quantitative estimate of drug-likeness (QED) is 0.795. The topological polar surface area (TPSA) is 68.8 Å². The first-order valence-electron chi connectivity index (χ1n) is 8.74. The van der Waals surface area contributed by atoms with E-state index in [0.717, 1.165) is 32.0 Å². The number of amides is 3. The van der Waals surface area contributed by atoms with Crippen molar-refractivity contribution in [3.05, 3.63) is 36.5 Å². The van der Waals surface area contributed by atoms with Crippen LogP contribution in [0.25, 0.3) is 0 Å². The van der Waals surface area contributed by atoms with Crippen LogP contribution in [0.5, 0.6) is 0 Å². The number of nitrogens with one attached hydrogen (secondary N) is 1. The molecule has 0 aliphatic carbocycles. The van der Waals surface area contributed by atoms with Crippen molar-refractivity contribution in [2.45, 2.75) is 13.8 Å². The molecule has 1 fully saturated rings. The van der Waals surface area contributed by atoms with Gasteiger partial charge in [-0.1, -0.05) is 6.08 Å².